The molecule has 3 N–H and O–H groups in total. The molecule has 118 valence electrons. The minimum absolute atomic E-state index is 0.000453. The molecule has 3 rings (SSSR count). The lowest BCUT2D eigenvalue weighted by Gasteiger charge is -2.10. The quantitative estimate of drug-likeness (QED) is 0.682. The summed E-state index contributed by atoms with van der Waals surface area (Å²) >= 11 is 0. The van der Waals surface area contributed by atoms with Crippen LogP contribution in [0.2, 0.25) is 0 Å². The predicted octanol–water partition coefficient (Wildman–Crippen LogP) is 4.04. The molecule has 1 heterocycles. The van der Waals surface area contributed by atoms with Gasteiger partial charge in [0.05, 0.1) is 5.69 Å². The van der Waals surface area contributed by atoms with Gasteiger partial charge in [0.2, 0.25) is 0 Å². The number of ether oxygens (including phenoxy) is 1. The summed E-state index contributed by atoms with van der Waals surface area (Å²) in [5.74, 6) is 0.456. The fourth-order valence-electron chi connectivity index (χ4n) is 2.23. The average Bonchev–Trinajstić information content (AvgIpc) is 2.88. The lowest BCUT2D eigenvalue weighted by Crippen LogP contribution is -1.90. The number of benzene rings is 2. The smallest absolute Gasteiger partial charge is 0.176 e. The topological polar surface area (TPSA) is 78.4 Å². The van der Waals surface area contributed by atoms with E-state index < -0.39 is 0 Å². The van der Waals surface area contributed by atoms with Gasteiger partial charge in [-0.15, -0.1) is 0 Å². The van der Waals surface area contributed by atoms with Crippen LogP contribution in [0.1, 0.15) is 11.3 Å². The van der Waals surface area contributed by atoms with Crippen molar-refractivity contribution in [2.24, 2.45) is 0 Å². The number of halogens is 1. The molecule has 0 fully saturated rings. The van der Waals surface area contributed by atoms with E-state index in [2.05, 4.69) is 10.2 Å². The standard InChI is InChI=1S/C17H15FN2O3/c1-9-14(21)8-7-13(16(9)22)15-17(10(2)19-20-15)23-12-5-3-11(18)4-6-12/h3-8,21-22H,1-2H3,(H,19,20). The second kappa shape index (κ2) is 5.64. The first kappa shape index (κ1) is 14.9. The van der Waals surface area contributed by atoms with E-state index >= 15 is 0 Å². The Morgan fingerprint density at radius 3 is 2.43 bits per heavy atom. The molecule has 5 nitrogen and oxygen atoms in total. The number of rotatable bonds is 3. The first-order chi connectivity index (χ1) is 11.0. The van der Waals surface area contributed by atoms with E-state index in [1.807, 2.05) is 0 Å². The van der Waals surface area contributed by atoms with Gasteiger partial charge in [-0.3, -0.25) is 5.10 Å². The highest BCUT2D eigenvalue weighted by Crippen LogP contribution is 2.41. The number of aromatic hydroxyl groups is 2. The van der Waals surface area contributed by atoms with Crippen LogP contribution in [0.15, 0.2) is 36.4 Å². The van der Waals surface area contributed by atoms with Crippen LogP contribution in [0.25, 0.3) is 11.3 Å². The van der Waals surface area contributed by atoms with Gasteiger partial charge in [-0.2, -0.15) is 5.10 Å². The van der Waals surface area contributed by atoms with Crippen LogP contribution < -0.4 is 4.74 Å². The van der Waals surface area contributed by atoms with Crippen molar-refractivity contribution in [3.05, 3.63) is 53.5 Å². The van der Waals surface area contributed by atoms with E-state index in [1.54, 1.807) is 19.9 Å². The summed E-state index contributed by atoms with van der Waals surface area (Å²) in [4.78, 5) is 0. The van der Waals surface area contributed by atoms with Crippen LogP contribution in [0.3, 0.4) is 0 Å². The molecule has 0 aliphatic rings. The van der Waals surface area contributed by atoms with Crippen molar-refractivity contribution in [1.82, 2.24) is 10.2 Å². The van der Waals surface area contributed by atoms with Crippen molar-refractivity contribution in [2.45, 2.75) is 13.8 Å². The van der Waals surface area contributed by atoms with Crippen molar-refractivity contribution >= 4 is 0 Å². The predicted molar refractivity (Wildman–Crippen MR) is 83.3 cm³/mol. The molecular weight excluding hydrogens is 299 g/mol. The molecule has 0 aliphatic heterocycles. The van der Waals surface area contributed by atoms with Gasteiger partial charge in [0.25, 0.3) is 0 Å². The van der Waals surface area contributed by atoms with Gasteiger partial charge >= 0.3 is 0 Å². The highest BCUT2D eigenvalue weighted by atomic mass is 19.1. The van der Waals surface area contributed by atoms with E-state index in [0.29, 0.717) is 34.0 Å². The molecule has 1 aromatic heterocycles. The Morgan fingerprint density at radius 2 is 1.74 bits per heavy atom. The molecule has 0 unspecified atom stereocenters. The first-order valence-electron chi connectivity index (χ1n) is 6.97. The Hall–Kier alpha value is -3.02. The van der Waals surface area contributed by atoms with Crippen molar-refractivity contribution in [3.8, 4) is 34.3 Å². The third kappa shape index (κ3) is 2.70. The molecule has 0 bridgehead atoms. The fraction of sp³-hybridized carbons (Fsp3) is 0.118. The number of phenols is 2. The summed E-state index contributed by atoms with van der Waals surface area (Å²) in [6.45, 7) is 3.38. The maximum absolute atomic E-state index is 13.0. The highest BCUT2D eigenvalue weighted by Gasteiger charge is 2.19. The van der Waals surface area contributed by atoms with Crippen molar-refractivity contribution in [1.29, 1.82) is 0 Å². The van der Waals surface area contributed by atoms with Gasteiger partial charge in [0.1, 0.15) is 28.8 Å². The summed E-state index contributed by atoms with van der Waals surface area (Å²) < 4.78 is 18.8. The molecular formula is C17H15FN2O3. The summed E-state index contributed by atoms with van der Waals surface area (Å²) in [6.07, 6.45) is 0. The largest absolute Gasteiger partial charge is 0.508 e. The molecule has 23 heavy (non-hydrogen) atoms. The van der Waals surface area contributed by atoms with E-state index in [-0.39, 0.29) is 17.3 Å². The molecule has 0 saturated carbocycles. The summed E-state index contributed by atoms with van der Waals surface area (Å²) in [5, 5.41) is 26.9. The minimum Gasteiger partial charge on any atom is -0.508 e. The van der Waals surface area contributed by atoms with E-state index in [1.165, 1.54) is 30.3 Å². The zero-order valence-electron chi connectivity index (χ0n) is 12.6. The highest BCUT2D eigenvalue weighted by molar-refractivity contribution is 5.76. The molecule has 0 aliphatic carbocycles. The van der Waals surface area contributed by atoms with Crippen LogP contribution in [-0.4, -0.2) is 20.4 Å². The number of nitrogens with zero attached hydrogens (tertiary/aromatic N) is 1. The molecule has 6 heteroatoms. The van der Waals surface area contributed by atoms with Gasteiger partial charge in [-0.25, -0.2) is 4.39 Å². The van der Waals surface area contributed by atoms with Crippen molar-refractivity contribution < 1.29 is 19.3 Å². The zero-order valence-corrected chi connectivity index (χ0v) is 12.6. The molecule has 3 aromatic rings. The minimum atomic E-state index is -0.353. The van der Waals surface area contributed by atoms with E-state index in [0.717, 1.165) is 0 Å². The van der Waals surface area contributed by atoms with Gasteiger partial charge in [-0.1, -0.05) is 0 Å². The van der Waals surface area contributed by atoms with Crippen LogP contribution >= 0.6 is 0 Å². The first-order valence-corrected chi connectivity index (χ1v) is 6.97. The fourth-order valence-corrected chi connectivity index (χ4v) is 2.23. The molecule has 0 radical (unpaired) electrons. The van der Waals surface area contributed by atoms with Crippen LogP contribution in [-0.2, 0) is 0 Å². The number of aromatic nitrogens is 2. The Kier molecular flexibility index (Phi) is 3.65. The van der Waals surface area contributed by atoms with E-state index in [9.17, 15) is 14.6 Å². The molecule has 0 amide bonds. The van der Waals surface area contributed by atoms with E-state index in [4.69, 9.17) is 4.74 Å². The lowest BCUT2D eigenvalue weighted by molar-refractivity contribution is 0.443. The monoisotopic (exact) mass is 314 g/mol. The van der Waals surface area contributed by atoms with Crippen molar-refractivity contribution in [3.63, 3.8) is 0 Å². The summed E-state index contributed by atoms with van der Waals surface area (Å²) in [5.41, 5.74) is 1.86. The van der Waals surface area contributed by atoms with Crippen molar-refractivity contribution in [2.75, 3.05) is 0 Å². The SMILES string of the molecule is Cc1[nH]nc(-c2ccc(O)c(C)c2O)c1Oc1ccc(F)cc1. The maximum atomic E-state index is 13.0. The Labute approximate surface area is 132 Å². The number of hydrogen-bond donors (Lipinski definition) is 3. The van der Waals surface area contributed by atoms with Crippen LogP contribution in [0.5, 0.6) is 23.0 Å². The second-order valence-electron chi connectivity index (χ2n) is 5.19. The molecule has 0 atom stereocenters. The molecule has 0 spiro atoms. The zero-order chi connectivity index (χ0) is 16.6. The van der Waals surface area contributed by atoms with Crippen LogP contribution in [0.4, 0.5) is 4.39 Å². The average molecular weight is 314 g/mol. The Morgan fingerprint density at radius 1 is 1.04 bits per heavy atom. The van der Waals surface area contributed by atoms with Gasteiger partial charge in [0, 0.05) is 11.1 Å². The Bertz CT molecular complexity index is 857. The number of hydrogen-bond acceptors (Lipinski definition) is 4. The number of phenolic OH excluding ortho intramolecular Hbond substituents is 2. The number of aromatic amines is 1. The third-order valence-electron chi connectivity index (χ3n) is 3.58. The van der Waals surface area contributed by atoms with Gasteiger partial charge < -0.3 is 14.9 Å². The number of nitrogens with one attached hydrogen (secondary N) is 1. The third-order valence-corrected chi connectivity index (χ3v) is 3.58. The number of aryl methyl sites for hydroxylation is 1. The summed E-state index contributed by atoms with van der Waals surface area (Å²) in [7, 11) is 0. The molecule has 2 aromatic carbocycles. The summed E-state index contributed by atoms with van der Waals surface area (Å²) in [6, 6.07) is 8.65. The van der Waals surface area contributed by atoms with Gasteiger partial charge in [-0.05, 0) is 50.2 Å². The normalized spacial score (nSPS) is 10.7. The number of H-pyrrole nitrogens is 1. The van der Waals surface area contributed by atoms with Gasteiger partial charge in [0.15, 0.2) is 5.75 Å². The van der Waals surface area contributed by atoms with Crippen LogP contribution in [0, 0.1) is 19.7 Å². The lowest BCUT2D eigenvalue weighted by atomic mass is 10.1. The Balaban J connectivity index is 2.05. The second-order valence-corrected chi connectivity index (χ2v) is 5.19. The maximum Gasteiger partial charge on any atom is 0.176 e. The molecule has 0 saturated heterocycles.